The second-order valence-corrected chi connectivity index (χ2v) is 5.98. The number of likely N-dealkylation sites (tertiary alicyclic amines) is 1. The summed E-state index contributed by atoms with van der Waals surface area (Å²) in [4.78, 5) is 2.52. The number of hydrogen-bond acceptors (Lipinski definition) is 3. The topological polar surface area (TPSA) is 32.7 Å². The maximum absolute atomic E-state index is 10.1. The lowest BCUT2D eigenvalue weighted by molar-refractivity contribution is -0.00416. The highest BCUT2D eigenvalue weighted by Gasteiger charge is 2.35. The summed E-state index contributed by atoms with van der Waals surface area (Å²) in [5.74, 6) is 0.909. The monoisotopic (exact) mass is 255 g/mol. The van der Waals surface area contributed by atoms with Crippen molar-refractivity contribution in [3.63, 3.8) is 0 Å². The molecule has 3 unspecified atom stereocenters. The minimum absolute atomic E-state index is 0.304. The Morgan fingerprint density at radius 2 is 2.11 bits per heavy atom. The molecule has 0 aromatic heterocycles. The number of ether oxygens (including phenoxy) is 1. The fourth-order valence-corrected chi connectivity index (χ4v) is 3.57. The molecule has 3 atom stereocenters. The number of aliphatic hydroxyl groups is 1. The minimum atomic E-state index is -0.304. The van der Waals surface area contributed by atoms with E-state index in [4.69, 9.17) is 4.74 Å². The van der Waals surface area contributed by atoms with Crippen LogP contribution in [-0.4, -0.2) is 48.5 Å². The molecule has 3 heteroatoms. The lowest BCUT2D eigenvalue weighted by Gasteiger charge is -2.38. The average molecular weight is 255 g/mol. The second-order valence-electron chi connectivity index (χ2n) is 5.98. The molecule has 2 aliphatic rings. The van der Waals surface area contributed by atoms with Crippen molar-refractivity contribution in [1.82, 2.24) is 4.90 Å². The smallest absolute Gasteiger partial charge is 0.0900 e. The summed E-state index contributed by atoms with van der Waals surface area (Å²) in [5, 5.41) is 10.1. The molecule has 1 aliphatic carbocycles. The highest BCUT2D eigenvalue weighted by Crippen LogP contribution is 2.36. The molecule has 3 nitrogen and oxygen atoms in total. The van der Waals surface area contributed by atoms with Crippen LogP contribution in [0.3, 0.4) is 0 Å². The Kier molecular flexibility index (Phi) is 5.93. The van der Waals surface area contributed by atoms with Crippen molar-refractivity contribution in [2.45, 2.75) is 64.0 Å². The van der Waals surface area contributed by atoms with Crippen molar-refractivity contribution >= 4 is 0 Å². The van der Waals surface area contributed by atoms with Crippen LogP contribution in [0.2, 0.25) is 0 Å². The fraction of sp³-hybridized carbons (Fsp3) is 1.00. The molecule has 1 saturated heterocycles. The SMILES string of the molecule is CCCCOCC(O)CN1CCCC2CCCC21. The number of unbranched alkanes of at least 4 members (excludes halogenated alkanes) is 1. The van der Waals surface area contributed by atoms with Crippen molar-refractivity contribution in [2.75, 3.05) is 26.3 Å². The molecule has 1 heterocycles. The van der Waals surface area contributed by atoms with Gasteiger partial charge in [0.2, 0.25) is 0 Å². The second kappa shape index (κ2) is 7.46. The van der Waals surface area contributed by atoms with Crippen LogP contribution in [0.25, 0.3) is 0 Å². The third-order valence-electron chi connectivity index (χ3n) is 4.51. The van der Waals surface area contributed by atoms with Crippen molar-refractivity contribution < 1.29 is 9.84 Å². The molecule has 0 aromatic carbocycles. The average Bonchev–Trinajstić information content (AvgIpc) is 2.84. The Morgan fingerprint density at radius 3 is 2.94 bits per heavy atom. The van der Waals surface area contributed by atoms with Crippen LogP contribution in [0.4, 0.5) is 0 Å². The minimum Gasteiger partial charge on any atom is -0.389 e. The summed E-state index contributed by atoms with van der Waals surface area (Å²) >= 11 is 0. The number of aliphatic hydroxyl groups excluding tert-OH is 1. The molecule has 1 aliphatic heterocycles. The summed E-state index contributed by atoms with van der Waals surface area (Å²) in [5.41, 5.74) is 0. The Labute approximate surface area is 112 Å². The predicted octanol–water partition coefficient (Wildman–Crippen LogP) is 2.43. The summed E-state index contributed by atoms with van der Waals surface area (Å²) in [7, 11) is 0. The maximum Gasteiger partial charge on any atom is 0.0900 e. The molecule has 2 rings (SSSR count). The Hall–Kier alpha value is -0.120. The Balaban J connectivity index is 1.67. The first-order chi connectivity index (χ1) is 8.81. The van der Waals surface area contributed by atoms with Gasteiger partial charge in [0.25, 0.3) is 0 Å². The molecule has 106 valence electrons. The van der Waals surface area contributed by atoms with Gasteiger partial charge >= 0.3 is 0 Å². The standard InChI is InChI=1S/C15H29NO2/c1-2-3-10-18-12-14(17)11-16-9-5-7-13-6-4-8-15(13)16/h13-15,17H,2-12H2,1H3. The van der Waals surface area contributed by atoms with E-state index in [0.717, 1.165) is 38.0 Å². The van der Waals surface area contributed by atoms with E-state index in [1.54, 1.807) is 0 Å². The lowest BCUT2D eigenvalue weighted by Crippen LogP contribution is -2.46. The molecule has 0 amide bonds. The van der Waals surface area contributed by atoms with Crippen LogP contribution in [-0.2, 0) is 4.74 Å². The van der Waals surface area contributed by atoms with Gasteiger partial charge in [-0.15, -0.1) is 0 Å². The van der Waals surface area contributed by atoms with E-state index in [0.29, 0.717) is 6.61 Å². The number of β-amino-alcohol motifs (C(OH)–C–C–N with tert-alkyl or cyclic N) is 1. The van der Waals surface area contributed by atoms with Gasteiger partial charge in [0.15, 0.2) is 0 Å². The van der Waals surface area contributed by atoms with Crippen molar-refractivity contribution in [3.8, 4) is 0 Å². The van der Waals surface area contributed by atoms with Gasteiger partial charge in [0.05, 0.1) is 12.7 Å². The molecular weight excluding hydrogens is 226 g/mol. The number of hydrogen-bond donors (Lipinski definition) is 1. The normalized spacial score (nSPS) is 30.3. The summed E-state index contributed by atoms with van der Waals surface area (Å²) in [6, 6.07) is 0.754. The molecule has 18 heavy (non-hydrogen) atoms. The molecular formula is C15H29NO2. The van der Waals surface area contributed by atoms with Gasteiger partial charge in [0.1, 0.15) is 0 Å². The summed E-state index contributed by atoms with van der Waals surface area (Å²) < 4.78 is 5.51. The van der Waals surface area contributed by atoms with Gasteiger partial charge in [0, 0.05) is 19.2 Å². The van der Waals surface area contributed by atoms with Crippen LogP contribution >= 0.6 is 0 Å². The molecule has 1 N–H and O–H groups in total. The van der Waals surface area contributed by atoms with Gasteiger partial charge in [-0.05, 0) is 44.6 Å². The Bertz CT molecular complexity index is 235. The quantitative estimate of drug-likeness (QED) is 0.709. The first-order valence-electron chi connectivity index (χ1n) is 7.81. The first kappa shape index (κ1) is 14.3. The predicted molar refractivity (Wildman–Crippen MR) is 73.7 cm³/mol. The molecule has 1 saturated carbocycles. The van der Waals surface area contributed by atoms with Crippen molar-refractivity contribution in [3.05, 3.63) is 0 Å². The number of fused-ring (bicyclic) bond motifs is 1. The van der Waals surface area contributed by atoms with Gasteiger partial charge in [-0.3, -0.25) is 4.90 Å². The zero-order valence-electron chi connectivity index (χ0n) is 11.8. The fourth-order valence-electron chi connectivity index (χ4n) is 3.57. The van der Waals surface area contributed by atoms with Crippen LogP contribution in [0.5, 0.6) is 0 Å². The van der Waals surface area contributed by atoms with E-state index in [1.165, 1.54) is 38.6 Å². The highest BCUT2D eigenvalue weighted by molar-refractivity contribution is 4.89. The van der Waals surface area contributed by atoms with Crippen molar-refractivity contribution in [2.24, 2.45) is 5.92 Å². The van der Waals surface area contributed by atoms with Gasteiger partial charge in [-0.1, -0.05) is 19.8 Å². The largest absolute Gasteiger partial charge is 0.389 e. The van der Waals surface area contributed by atoms with Crippen LogP contribution < -0.4 is 0 Å². The first-order valence-corrected chi connectivity index (χ1v) is 7.81. The van der Waals surface area contributed by atoms with Crippen LogP contribution in [0.15, 0.2) is 0 Å². The summed E-state index contributed by atoms with van der Waals surface area (Å²) in [6.45, 7) is 5.45. The summed E-state index contributed by atoms with van der Waals surface area (Å²) in [6.07, 6.45) is 8.80. The number of piperidine rings is 1. The van der Waals surface area contributed by atoms with E-state index in [2.05, 4.69) is 11.8 Å². The van der Waals surface area contributed by atoms with E-state index >= 15 is 0 Å². The highest BCUT2D eigenvalue weighted by atomic mass is 16.5. The number of nitrogens with zero attached hydrogens (tertiary/aromatic N) is 1. The molecule has 0 spiro atoms. The molecule has 0 aromatic rings. The van der Waals surface area contributed by atoms with Gasteiger partial charge in [-0.25, -0.2) is 0 Å². The van der Waals surface area contributed by atoms with Gasteiger partial charge in [-0.2, -0.15) is 0 Å². The van der Waals surface area contributed by atoms with E-state index in [-0.39, 0.29) is 6.10 Å². The third kappa shape index (κ3) is 3.94. The van der Waals surface area contributed by atoms with Crippen LogP contribution in [0, 0.1) is 5.92 Å². The lowest BCUT2D eigenvalue weighted by atomic mass is 9.92. The maximum atomic E-state index is 10.1. The van der Waals surface area contributed by atoms with E-state index in [1.807, 2.05) is 0 Å². The zero-order chi connectivity index (χ0) is 12.8. The van der Waals surface area contributed by atoms with E-state index in [9.17, 15) is 5.11 Å². The molecule has 0 bridgehead atoms. The molecule has 2 fully saturated rings. The van der Waals surface area contributed by atoms with Gasteiger partial charge < -0.3 is 9.84 Å². The van der Waals surface area contributed by atoms with E-state index < -0.39 is 0 Å². The zero-order valence-corrected chi connectivity index (χ0v) is 11.8. The third-order valence-corrected chi connectivity index (χ3v) is 4.51. The van der Waals surface area contributed by atoms with Crippen molar-refractivity contribution in [1.29, 1.82) is 0 Å². The molecule has 0 radical (unpaired) electrons. The van der Waals surface area contributed by atoms with Crippen LogP contribution in [0.1, 0.15) is 51.9 Å². The Morgan fingerprint density at radius 1 is 1.28 bits per heavy atom. The number of rotatable bonds is 7.